The molecule has 5 N–H and O–H groups in total. The summed E-state index contributed by atoms with van der Waals surface area (Å²) in [4.78, 5) is 13.2. The lowest BCUT2D eigenvalue weighted by atomic mass is 9.84. The van der Waals surface area contributed by atoms with Gasteiger partial charge in [0.25, 0.3) is 0 Å². The monoisotopic (exact) mass is 428 g/mol. The molecule has 0 aromatic heterocycles. The normalized spacial score (nSPS) is 16.0. The van der Waals surface area contributed by atoms with E-state index in [9.17, 15) is 13.2 Å². The van der Waals surface area contributed by atoms with Crippen molar-refractivity contribution in [3.63, 3.8) is 0 Å². The van der Waals surface area contributed by atoms with Gasteiger partial charge in [-0.05, 0) is 62.1 Å². The van der Waals surface area contributed by atoms with Crippen LogP contribution in [0.2, 0.25) is 0 Å². The van der Waals surface area contributed by atoms with Crippen LogP contribution in [0.3, 0.4) is 0 Å². The third-order valence-electron chi connectivity index (χ3n) is 5.48. The molecule has 1 amide bonds. The fourth-order valence-electron chi connectivity index (χ4n) is 3.74. The Balaban J connectivity index is 1.81. The van der Waals surface area contributed by atoms with Gasteiger partial charge in [0, 0.05) is 11.3 Å². The van der Waals surface area contributed by atoms with Gasteiger partial charge in [-0.25, -0.2) is 8.42 Å². The molecule has 1 aliphatic carbocycles. The van der Waals surface area contributed by atoms with Gasteiger partial charge in [0.15, 0.2) is 0 Å². The molecule has 0 saturated heterocycles. The van der Waals surface area contributed by atoms with Crippen molar-refractivity contribution in [3.05, 3.63) is 59.7 Å². The predicted molar refractivity (Wildman–Crippen MR) is 118 cm³/mol. The Morgan fingerprint density at radius 2 is 1.63 bits per heavy atom. The van der Waals surface area contributed by atoms with Gasteiger partial charge in [-0.3, -0.25) is 10.2 Å². The molecular formula is C22H28N4O3S. The summed E-state index contributed by atoms with van der Waals surface area (Å²) in [5, 5.41) is 10.3. The quantitative estimate of drug-likeness (QED) is 0.399. The molecule has 3 rings (SSSR count). The Hall–Kier alpha value is -2.71. The number of anilines is 1. The van der Waals surface area contributed by atoms with Crippen molar-refractivity contribution in [2.24, 2.45) is 11.7 Å². The van der Waals surface area contributed by atoms with E-state index in [1.165, 1.54) is 0 Å². The highest BCUT2D eigenvalue weighted by Gasteiger charge is 2.33. The number of rotatable bonds is 7. The summed E-state index contributed by atoms with van der Waals surface area (Å²) >= 11 is 0. The first-order valence-corrected chi connectivity index (χ1v) is 11.6. The summed E-state index contributed by atoms with van der Waals surface area (Å²) < 4.78 is 28.5. The van der Waals surface area contributed by atoms with Crippen LogP contribution in [0.15, 0.2) is 53.4 Å². The van der Waals surface area contributed by atoms with Crippen LogP contribution >= 0.6 is 0 Å². The largest absolute Gasteiger partial charge is 0.384 e. The van der Waals surface area contributed by atoms with Crippen LogP contribution in [-0.4, -0.2) is 26.2 Å². The molecule has 0 spiro atoms. The van der Waals surface area contributed by atoms with Crippen LogP contribution in [0.25, 0.3) is 0 Å². The van der Waals surface area contributed by atoms with Gasteiger partial charge in [-0.15, -0.1) is 0 Å². The van der Waals surface area contributed by atoms with Crippen molar-refractivity contribution in [1.29, 1.82) is 5.41 Å². The smallest absolute Gasteiger partial charge is 0.242 e. The lowest BCUT2D eigenvalue weighted by Gasteiger charge is -2.30. The summed E-state index contributed by atoms with van der Waals surface area (Å²) in [5.41, 5.74) is 7.51. The van der Waals surface area contributed by atoms with Crippen molar-refractivity contribution in [3.8, 4) is 0 Å². The molecule has 30 heavy (non-hydrogen) atoms. The minimum atomic E-state index is -3.84. The van der Waals surface area contributed by atoms with E-state index in [2.05, 4.69) is 10.0 Å². The number of benzene rings is 2. The molecule has 0 heterocycles. The molecule has 7 nitrogen and oxygen atoms in total. The van der Waals surface area contributed by atoms with Gasteiger partial charge >= 0.3 is 0 Å². The standard InChI is InChI=1S/C22H28N4O3S/c1-15-7-13-19(14-8-15)30(28,29)26-20(16-5-3-2-4-6-16)22(27)25-18-11-9-17(10-12-18)21(23)24/h7-14,16,20,26H,2-6H2,1H3,(H3,23,24)(H,25,27)/t20-/m1/s1. The average Bonchev–Trinajstić information content (AvgIpc) is 2.73. The zero-order chi connectivity index (χ0) is 21.7. The summed E-state index contributed by atoms with van der Waals surface area (Å²) in [6.07, 6.45) is 4.67. The first-order valence-electron chi connectivity index (χ1n) is 10.1. The van der Waals surface area contributed by atoms with Gasteiger partial charge in [-0.1, -0.05) is 37.0 Å². The Morgan fingerprint density at radius 1 is 1.03 bits per heavy atom. The average molecular weight is 429 g/mol. The number of nitrogens with two attached hydrogens (primary N) is 1. The fourth-order valence-corrected chi connectivity index (χ4v) is 5.00. The van der Waals surface area contributed by atoms with E-state index in [0.717, 1.165) is 37.7 Å². The van der Waals surface area contributed by atoms with Crippen molar-refractivity contribution in [1.82, 2.24) is 4.72 Å². The van der Waals surface area contributed by atoms with Crippen LogP contribution < -0.4 is 15.8 Å². The number of nitrogen functional groups attached to an aromatic ring is 1. The van der Waals surface area contributed by atoms with Gasteiger partial charge in [0.05, 0.1) is 4.90 Å². The number of carbonyl (C=O) groups excluding carboxylic acids is 1. The Morgan fingerprint density at radius 3 is 2.20 bits per heavy atom. The van der Waals surface area contributed by atoms with Crippen LogP contribution in [0, 0.1) is 18.3 Å². The minimum absolute atomic E-state index is 0.0567. The van der Waals surface area contributed by atoms with E-state index in [-0.39, 0.29) is 22.6 Å². The van der Waals surface area contributed by atoms with Crippen molar-refractivity contribution in [2.45, 2.75) is 50.0 Å². The highest BCUT2D eigenvalue weighted by atomic mass is 32.2. The molecule has 160 valence electrons. The molecule has 0 bridgehead atoms. The number of nitrogens with one attached hydrogen (secondary N) is 3. The number of hydrogen-bond acceptors (Lipinski definition) is 4. The van der Waals surface area contributed by atoms with Crippen LogP contribution in [0.5, 0.6) is 0 Å². The SMILES string of the molecule is Cc1ccc(S(=O)(=O)N[C@@H](C(=O)Nc2ccc(C(=N)N)cc2)C2CCCCC2)cc1. The van der Waals surface area contributed by atoms with E-state index in [1.54, 1.807) is 48.5 Å². The molecule has 8 heteroatoms. The first-order chi connectivity index (χ1) is 14.3. The molecule has 2 aromatic carbocycles. The molecule has 0 unspecified atom stereocenters. The number of amidine groups is 1. The molecule has 1 saturated carbocycles. The highest BCUT2D eigenvalue weighted by molar-refractivity contribution is 7.89. The molecular weight excluding hydrogens is 400 g/mol. The first kappa shape index (κ1) is 22.0. The maximum atomic E-state index is 13.1. The second-order valence-electron chi connectivity index (χ2n) is 7.79. The molecule has 1 aliphatic rings. The summed E-state index contributed by atoms with van der Waals surface area (Å²) in [6, 6.07) is 12.3. The minimum Gasteiger partial charge on any atom is -0.384 e. The van der Waals surface area contributed by atoms with E-state index in [1.807, 2.05) is 6.92 Å². The Kier molecular flexibility index (Phi) is 6.89. The van der Waals surface area contributed by atoms with Crippen LogP contribution in [0.1, 0.15) is 43.2 Å². The fraction of sp³-hybridized carbons (Fsp3) is 0.364. The maximum absolute atomic E-state index is 13.1. The summed E-state index contributed by atoms with van der Waals surface area (Å²) in [7, 11) is -3.84. The topological polar surface area (TPSA) is 125 Å². The molecule has 1 atom stereocenters. The highest BCUT2D eigenvalue weighted by Crippen LogP contribution is 2.28. The van der Waals surface area contributed by atoms with Gasteiger partial charge < -0.3 is 11.1 Å². The second-order valence-corrected chi connectivity index (χ2v) is 9.50. The number of amides is 1. The zero-order valence-electron chi connectivity index (χ0n) is 17.0. The number of carbonyl (C=O) groups is 1. The van der Waals surface area contributed by atoms with E-state index >= 15 is 0 Å². The van der Waals surface area contributed by atoms with Gasteiger partial charge in [-0.2, -0.15) is 4.72 Å². The van der Waals surface area contributed by atoms with E-state index in [0.29, 0.717) is 11.3 Å². The van der Waals surface area contributed by atoms with Crippen molar-refractivity contribution in [2.75, 3.05) is 5.32 Å². The van der Waals surface area contributed by atoms with Crippen molar-refractivity contribution >= 4 is 27.5 Å². The Bertz CT molecular complexity index is 996. The van der Waals surface area contributed by atoms with E-state index < -0.39 is 16.1 Å². The molecule has 2 aromatic rings. The summed E-state index contributed by atoms with van der Waals surface area (Å²) in [5.74, 6) is -0.498. The predicted octanol–water partition coefficient (Wildman–Crippen LogP) is 3.14. The van der Waals surface area contributed by atoms with Crippen LogP contribution in [-0.2, 0) is 14.8 Å². The molecule has 0 radical (unpaired) electrons. The third kappa shape index (κ3) is 5.46. The number of hydrogen-bond donors (Lipinski definition) is 4. The Labute approximate surface area is 177 Å². The third-order valence-corrected chi connectivity index (χ3v) is 6.94. The summed E-state index contributed by atoms with van der Waals surface area (Å²) in [6.45, 7) is 1.89. The number of sulfonamides is 1. The lowest BCUT2D eigenvalue weighted by molar-refractivity contribution is -0.119. The molecule has 0 aliphatic heterocycles. The van der Waals surface area contributed by atoms with Gasteiger partial charge in [0.2, 0.25) is 15.9 Å². The van der Waals surface area contributed by atoms with Gasteiger partial charge in [0.1, 0.15) is 11.9 Å². The van der Waals surface area contributed by atoms with Crippen molar-refractivity contribution < 1.29 is 13.2 Å². The lowest BCUT2D eigenvalue weighted by Crippen LogP contribution is -2.49. The zero-order valence-corrected chi connectivity index (χ0v) is 17.8. The number of aryl methyl sites for hydroxylation is 1. The van der Waals surface area contributed by atoms with Crippen LogP contribution in [0.4, 0.5) is 5.69 Å². The van der Waals surface area contributed by atoms with E-state index in [4.69, 9.17) is 11.1 Å². The maximum Gasteiger partial charge on any atom is 0.242 e. The molecule has 1 fully saturated rings. The second kappa shape index (κ2) is 9.40.